The Kier molecular flexibility index (Phi) is 3.10. The highest BCUT2D eigenvalue weighted by atomic mass is 32.2. The summed E-state index contributed by atoms with van der Waals surface area (Å²) in [6.45, 7) is 1.49. The smallest absolute Gasteiger partial charge is 0.308 e. The van der Waals surface area contributed by atoms with Gasteiger partial charge >= 0.3 is 10.1 Å². The van der Waals surface area contributed by atoms with Crippen molar-refractivity contribution in [3.8, 4) is 11.8 Å². The maximum Gasteiger partial charge on any atom is 0.308 e. The molecule has 0 aromatic heterocycles. The molecular weight excluding hydrogens is 202 g/mol. The van der Waals surface area contributed by atoms with E-state index in [1.54, 1.807) is 12.1 Å². The van der Waals surface area contributed by atoms with E-state index in [1.807, 2.05) is 6.07 Å². The van der Waals surface area contributed by atoms with Gasteiger partial charge in [0.15, 0.2) is 0 Å². The molecule has 0 amide bonds. The average Bonchev–Trinajstić information content (AvgIpc) is 2.17. The second-order valence-corrected chi connectivity index (χ2v) is 4.43. The molecule has 0 N–H and O–H groups in total. The average molecular weight is 211 g/mol. The highest BCUT2D eigenvalue weighted by Crippen LogP contribution is 2.14. The molecule has 0 atom stereocenters. The van der Waals surface area contributed by atoms with Crippen LogP contribution in [0.4, 0.5) is 0 Å². The van der Waals surface area contributed by atoms with Crippen molar-refractivity contribution in [2.24, 2.45) is 0 Å². The molecule has 0 bridgehead atoms. The van der Waals surface area contributed by atoms with Crippen molar-refractivity contribution >= 4 is 10.1 Å². The quantitative estimate of drug-likeness (QED) is 0.706. The second-order valence-electron chi connectivity index (χ2n) is 2.57. The Hall–Kier alpha value is -1.54. The Morgan fingerprint density at radius 1 is 1.50 bits per heavy atom. The lowest BCUT2D eigenvalue weighted by Gasteiger charge is -2.03. The topological polar surface area (TPSA) is 67.2 Å². The number of benzene rings is 1. The van der Waals surface area contributed by atoms with Crippen molar-refractivity contribution in [2.45, 2.75) is 6.92 Å². The van der Waals surface area contributed by atoms with Gasteiger partial charge in [-0.3, -0.25) is 0 Å². The molecule has 14 heavy (non-hydrogen) atoms. The lowest BCUT2D eigenvalue weighted by molar-refractivity contribution is 0.487. The molecule has 0 radical (unpaired) electrons. The SMILES string of the molecule is CCS(=O)(=O)Oc1cccc(C#N)c1. The molecule has 0 saturated carbocycles. The van der Waals surface area contributed by atoms with Gasteiger partial charge in [-0.15, -0.1) is 0 Å². The third-order valence-electron chi connectivity index (χ3n) is 1.54. The number of rotatable bonds is 3. The van der Waals surface area contributed by atoms with E-state index in [0.717, 1.165) is 0 Å². The molecule has 0 saturated heterocycles. The molecule has 0 aliphatic rings. The van der Waals surface area contributed by atoms with E-state index in [1.165, 1.54) is 19.1 Å². The zero-order valence-electron chi connectivity index (χ0n) is 7.60. The molecule has 0 fully saturated rings. The Balaban J connectivity index is 2.94. The first-order valence-corrected chi connectivity index (χ1v) is 5.57. The lowest BCUT2D eigenvalue weighted by atomic mass is 10.2. The zero-order chi connectivity index (χ0) is 10.6. The van der Waals surface area contributed by atoms with Crippen LogP contribution in [0.5, 0.6) is 5.75 Å². The van der Waals surface area contributed by atoms with E-state index in [0.29, 0.717) is 5.56 Å². The fraction of sp³-hybridized carbons (Fsp3) is 0.222. The molecule has 0 aliphatic carbocycles. The first-order chi connectivity index (χ1) is 6.57. The van der Waals surface area contributed by atoms with Crippen LogP contribution in [0.1, 0.15) is 12.5 Å². The summed E-state index contributed by atoms with van der Waals surface area (Å²) in [6, 6.07) is 7.92. The molecule has 0 spiro atoms. The Morgan fingerprint density at radius 2 is 2.21 bits per heavy atom. The van der Waals surface area contributed by atoms with Crippen LogP contribution in [-0.4, -0.2) is 14.2 Å². The van der Waals surface area contributed by atoms with Crippen molar-refractivity contribution in [1.82, 2.24) is 0 Å². The van der Waals surface area contributed by atoms with Gasteiger partial charge in [-0.2, -0.15) is 13.7 Å². The minimum absolute atomic E-state index is 0.0935. The first kappa shape index (κ1) is 10.5. The summed E-state index contributed by atoms with van der Waals surface area (Å²) in [6.07, 6.45) is 0. The first-order valence-electron chi connectivity index (χ1n) is 3.99. The minimum Gasteiger partial charge on any atom is -0.382 e. The molecule has 0 unspecified atom stereocenters. The van der Waals surface area contributed by atoms with Crippen molar-refractivity contribution in [1.29, 1.82) is 5.26 Å². The van der Waals surface area contributed by atoms with Crippen LogP contribution >= 0.6 is 0 Å². The van der Waals surface area contributed by atoms with E-state index in [-0.39, 0.29) is 11.5 Å². The second kappa shape index (κ2) is 4.11. The molecule has 1 aromatic rings. The number of nitriles is 1. The van der Waals surface area contributed by atoms with E-state index in [2.05, 4.69) is 0 Å². The number of hydrogen-bond donors (Lipinski definition) is 0. The predicted octanol–water partition coefficient (Wildman–Crippen LogP) is 1.29. The maximum absolute atomic E-state index is 11.1. The van der Waals surface area contributed by atoms with Crippen LogP contribution in [0.25, 0.3) is 0 Å². The van der Waals surface area contributed by atoms with Gasteiger partial charge in [0.2, 0.25) is 0 Å². The summed E-state index contributed by atoms with van der Waals surface area (Å²) in [7, 11) is -3.51. The van der Waals surface area contributed by atoms with Crippen molar-refractivity contribution in [3.63, 3.8) is 0 Å². The van der Waals surface area contributed by atoms with Gasteiger partial charge < -0.3 is 4.18 Å². The third-order valence-corrected chi connectivity index (χ3v) is 2.69. The van der Waals surface area contributed by atoms with E-state index in [4.69, 9.17) is 9.44 Å². The highest BCUT2D eigenvalue weighted by Gasteiger charge is 2.08. The molecule has 0 heterocycles. The lowest BCUT2D eigenvalue weighted by Crippen LogP contribution is -2.11. The Bertz CT molecular complexity index is 459. The van der Waals surface area contributed by atoms with Gasteiger partial charge in [0, 0.05) is 0 Å². The summed E-state index contributed by atoms with van der Waals surface area (Å²) in [4.78, 5) is 0. The van der Waals surface area contributed by atoms with Gasteiger partial charge in [0.05, 0.1) is 17.4 Å². The van der Waals surface area contributed by atoms with Gasteiger partial charge in [0.25, 0.3) is 0 Å². The van der Waals surface area contributed by atoms with E-state index < -0.39 is 10.1 Å². The van der Waals surface area contributed by atoms with Crippen LogP contribution < -0.4 is 4.18 Å². The Morgan fingerprint density at radius 3 is 2.79 bits per heavy atom. The summed E-state index contributed by atoms with van der Waals surface area (Å²) in [5, 5.41) is 8.56. The van der Waals surface area contributed by atoms with Gasteiger partial charge in [-0.1, -0.05) is 6.07 Å². The van der Waals surface area contributed by atoms with Crippen molar-refractivity contribution in [3.05, 3.63) is 29.8 Å². The molecule has 1 rings (SSSR count). The summed E-state index contributed by atoms with van der Waals surface area (Å²) in [5.74, 6) is 0.0787. The molecule has 74 valence electrons. The monoisotopic (exact) mass is 211 g/mol. The summed E-state index contributed by atoms with van der Waals surface area (Å²) >= 11 is 0. The molecular formula is C9H9NO3S. The third kappa shape index (κ3) is 2.75. The molecule has 1 aromatic carbocycles. The van der Waals surface area contributed by atoms with Gasteiger partial charge in [-0.05, 0) is 25.1 Å². The molecule has 4 nitrogen and oxygen atoms in total. The normalized spacial score (nSPS) is 10.6. The van der Waals surface area contributed by atoms with Crippen LogP contribution in [0.2, 0.25) is 0 Å². The molecule has 5 heteroatoms. The van der Waals surface area contributed by atoms with E-state index in [9.17, 15) is 8.42 Å². The largest absolute Gasteiger partial charge is 0.382 e. The standard InChI is InChI=1S/C9H9NO3S/c1-2-14(11,12)13-9-5-3-4-8(6-9)7-10/h3-6H,2H2,1H3. The Labute approximate surface area is 82.9 Å². The summed E-state index contributed by atoms with van der Waals surface area (Å²) in [5.41, 5.74) is 0.369. The number of nitrogens with zero attached hydrogens (tertiary/aromatic N) is 1. The number of hydrogen-bond acceptors (Lipinski definition) is 4. The van der Waals surface area contributed by atoms with Crippen molar-refractivity contribution < 1.29 is 12.6 Å². The zero-order valence-corrected chi connectivity index (χ0v) is 8.41. The fourth-order valence-electron chi connectivity index (χ4n) is 0.823. The highest BCUT2D eigenvalue weighted by molar-refractivity contribution is 7.87. The fourth-order valence-corrected chi connectivity index (χ4v) is 1.34. The molecule has 0 aliphatic heterocycles. The van der Waals surface area contributed by atoms with Crippen LogP contribution in [0.3, 0.4) is 0 Å². The maximum atomic E-state index is 11.1. The van der Waals surface area contributed by atoms with Crippen LogP contribution in [-0.2, 0) is 10.1 Å². The van der Waals surface area contributed by atoms with Crippen LogP contribution in [0.15, 0.2) is 24.3 Å². The van der Waals surface area contributed by atoms with Crippen molar-refractivity contribution in [2.75, 3.05) is 5.75 Å². The minimum atomic E-state index is -3.51. The summed E-state index contributed by atoms with van der Waals surface area (Å²) < 4.78 is 26.8. The van der Waals surface area contributed by atoms with Gasteiger partial charge in [-0.25, -0.2) is 0 Å². The van der Waals surface area contributed by atoms with E-state index >= 15 is 0 Å². The van der Waals surface area contributed by atoms with Gasteiger partial charge in [0.1, 0.15) is 5.75 Å². The van der Waals surface area contributed by atoms with Crippen LogP contribution in [0, 0.1) is 11.3 Å². The predicted molar refractivity (Wildman–Crippen MR) is 51.2 cm³/mol.